The first-order valence-corrected chi connectivity index (χ1v) is 9.39. The van der Waals surface area contributed by atoms with Crippen molar-refractivity contribution in [2.45, 2.75) is 26.0 Å². The fraction of sp³-hybridized carbons (Fsp3) is 0.286. The summed E-state index contributed by atoms with van der Waals surface area (Å²) >= 11 is 0. The van der Waals surface area contributed by atoms with Gasteiger partial charge in [0.1, 0.15) is 24.2 Å². The van der Waals surface area contributed by atoms with Crippen LogP contribution in [0.15, 0.2) is 64.4 Å². The third kappa shape index (κ3) is 4.99. The van der Waals surface area contributed by atoms with Crippen molar-refractivity contribution in [1.29, 1.82) is 0 Å². The Bertz CT molecular complexity index is 922. The van der Waals surface area contributed by atoms with Crippen LogP contribution in [0.4, 0.5) is 4.79 Å². The van der Waals surface area contributed by atoms with Gasteiger partial charge in [0.2, 0.25) is 0 Å². The number of rotatable bonds is 8. The number of carbonyl (C=O) groups is 3. The number of benzene rings is 1. The van der Waals surface area contributed by atoms with Gasteiger partial charge in [-0.3, -0.25) is 0 Å². The highest BCUT2D eigenvalue weighted by Gasteiger charge is 2.36. The molecule has 2 unspecified atom stereocenters. The predicted octanol–water partition coefficient (Wildman–Crippen LogP) is 2.46. The van der Waals surface area contributed by atoms with Crippen molar-refractivity contribution in [2.24, 2.45) is 0 Å². The Labute approximate surface area is 173 Å². The maximum absolute atomic E-state index is 12.6. The Morgan fingerprint density at radius 3 is 2.57 bits per heavy atom. The van der Waals surface area contributed by atoms with Crippen LogP contribution in [0, 0.1) is 0 Å². The molecule has 2 atom stereocenters. The number of para-hydroxylation sites is 1. The predicted molar refractivity (Wildman–Crippen MR) is 104 cm³/mol. The van der Waals surface area contributed by atoms with Gasteiger partial charge in [-0.25, -0.2) is 14.4 Å². The van der Waals surface area contributed by atoms with E-state index >= 15 is 0 Å². The van der Waals surface area contributed by atoms with Gasteiger partial charge in [0.25, 0.3) is 0 Å². The minimum absolute atomic E-state index is 0.0934. The molecule has 0 fully saturated rings. The summed E-state index contributed by atoms with van der Waals surface area (Å²) in [6.45, 7) is 3.00. The van der Waals surface area contributed by atoms with Crippen LogP contribution in [0.3, 0.4) is 0 Å². The Balaban J connectivity index is 1.77. The summed E-state index contributed by atoms with van der Waals surface area (Å²) < 4.78 is 21.3. The van der Waals surface area contributed by atoms with E-state index in [0.29, 0.717) is 11.5 Å². The van der Waals surface area contributed by atoms with Crippen molar-refractivity contribution in [3.8, 4) is 5.75 Å². The van der Waals surface area contributed by atoms with Crippen LogP contribution >= 0.6 is 0 Å². The Morgan fingerprint density at radius 1 is 1.13 bits per heavy atom. The summed E-state index contributed by atoms with van der Waals surface area (Å²) in [4.78, 5) is 37.0. The van der Waals surface area contributed by atoms with Gasteiger partial charge in [-0.2, -0.15) is 0 Å². The van der Waals surface area contributed by atoms with Crippen LogP contribution in [0.25, 0.3) is 0 Å². The molecule has 0 bridgehead atoms. The number of carbonyl (C=O) groups excluding carboxylic acids is 3. The number of esters is 2. The van der Waals surface area contributed by atoms with Crippen molar-refractivity contribution < 1.29 is 33.0 Å². The lowest BCUT2D eigenvalue weighted by Gasteiger charge is -2.27. The summed E-state index contributed by atoms with van der Waals surface area (Å²) in [5.74, 6) is -0.457. The first-order chi connectivity index (χ1) is 14.5. The lowest BCUT2D eigenvalue weighted by molar-refractivity contribution is -0.150. The molecule has 1 aliphatic rings. The van der Waals surface area contributed by atoms with Crippen molar-refractivity contribution in [1.82, 2.24) is 10.6 Å². The molecule has 3 rings (SSSR count). The monoisotopic (exact) mass is 414 g/mol. The molecular weight excluding hydrogens is 392 g/mol. The number of ether oxygens (including phenoxy) is 3. The van der Waals surface area contributed by atoms with Gasteiger partial charge in [0, 0.05) is 0 Å². The molecule has 0 saturated carbocycles. The van der Waals surface area contributed by atoms with Gasteiger partial charge in [0.05, 0.1) is 24.1 Å². The van der Waals surface area contributed by atoms with Crippen LogP contribution in [-0.2, 0) is 19.1 Å². The second-order valence-electron chi connectivity index (χ2n) is 6.34. The normalized spacial score (nSPS) is 16.9. The van der Waals surface area contributed by atoms with E-state index in [4.69, 9.17) is 18.6 Å². The lowest BCUT2D eigenvalue weighted by Crippen LogP contribution is -2.47. The van der Waals surface area contributed by atoms with E-state index in [9.17, 15) is 14.4 Å². The zero-order valence-corrected chi connectivity index (χ0v) is 16.5. The molecule has 1 aliphatic heterocycles. The molecule has 9 heteroatoms. The highest BCUT2D eigenvalue weighted by Crippen LogP contribution is 2.28. The second-order valence-corrected chi connectivity index (χ2v) is 6.34. The number of hydrogen-bond acceptors (Lipinski definition) is 7. The minimum Gasteiger partial charge on any atom is -0.479 e. The van der Waals surface area contributed by atoms with Crippen LogP contribution in [0.2, 0.25) is 0 Å². The summed E-state index contributed by atoms with van der Waals surface area (Å²) in [5.41, 5.74) is 0.203. The molecule has 1 aromatic carbocycles. The van der Waals surface area contributed by atoms with E-state index in [0.717, 1.165) is 0 Å². The molecule has 2 heterocycles. The van der Waals surface area contributed by atoms with Gasteiger partial charge in [-0.05, 0) is 38.1 Å². The second kappa shape index (κ2) is 9.64. The maximum Gasteiger partial charge on any atom is 0.347 e. The molecule has 0 aliphatic carbocycles. The first-order valence-electron chi connectivity index (χ1n) is 9.39. The number of urea groups is 1. The average Bonchev–Trinajstić information content (AvgIpc) is 3.27. The lowest BCUT2D eigenvalue weighted by atomic mass is 10.0. The largest absolute Gasteiger partial charge is 0.479 e. The van der Waals surface area contributed by atoms with E-state index in [1.165, 1.54) is 6.26 Å². The van der Waals surface area contributed by atoms with E-state index in [1.807, 2.05) is 6.07 Å². The van der Waals surface area contributed by atoms with E-state index < -0.39 is 30.1 Å². The number of nitrogens with one attached hydrogen (secondary N) is 2. The topological polar surface area (TPSA) is 116 Å². The molecule has 0 radical (unpaired) electrons. The Morgan fingerprint density at radius 2 is 1.90 bits per heavy atom. The van der Waals surface area contributed by atoms with E-state index in [-0.39, 0.29) is 24.5 Å². The first kappa shape index (κ1) is 21.0. The van der Waals surface area contributed by atoms with Crippen molar-refractivity contribution in [2.75, 3.05) is 13.2 Å². The number of amides is 2. The fourth-order valence-electron chi connectivity index (χ4n) is 2.86. The van der Waals surface area contributed by atoms with Crippen molar-refractivity contribution in [3.63, 3.8) is 0 Å². The third-order valence-electron chi connectivity index (χ3n) is 4.22. The summed E-state index contributed by atoms with van der Waals surface area (Å²) in [6, 6.07) is 10.6. The van der Waals surface area contributed by atoms with Crippen molar-refractivity contribution in [3.05, 3.63) is 65.8 Å². The van der Waals surface area contributed by atoms with E-state index in [2.05, 4.69) is 10.6 Å². The Hall–Kier alpha value is -3.75. The molecule has 158 valence electrons. The zero-order chi connectivity index (χ0) is 21.5. The summed E-state index contributed by atoms with van der Waals surface area (Å²) in [5, 5.41) is 5.12. The average molecular weight is 414 g/mol. The molecule has 30 heavy (non-hydrogen) atoms. The summed E-state index contributed by atoms with van der Waals surface area (Å²) in [7, 11) is 0. The highest BCUT2D eigenvalue weighted by molar-refractivity contribution is 5.95. The molecule has 9 nitrogen and oxygen atoms in total. The standard InChI is InChI=1S/C21H22N2O7/c1-3-27-20(25)17-15(22-21(26)23-18(17)16-10-7-11-28-16)12-29-19(24)13(2)30-14-8-5-4-6-9-14/h4-11,13,18H,3,12H2,1-2H3,(H2,22,23,26). The van der Waals surface area contributed by atoms with Crippen LogP contribution in [0.5, 0.6) is 5.75 Å². The molecule has 2 aromatic rings. The highest BCUT2D eigenvalue weighted by atomic mass is 16.6. The molecule has 1 aromatic heterocycles. The molecule has 0 spiro atoms. The summed E-state index contributed by atoms with van der Waals surface area (Å²) in [6.07, 6.45) is 0.534. The smallest absolute Gasteiger partial charge is 0.347 e. The third-order valence-corrected chi connectivity index (χ3v) is 4.22. The zero-order valence-electron chi connectivity index (χ0n) is 16.5. The van der Waals surface area contributed by atoms with Crippen LogP contribution < -0.4 is 15.4 Å². The quantitative estimate of drug-likeness (QED) is 0.638. The molecular formula is C21H22N2O7. The van der Waals surface area contributed by atoms with Gasteiger partial charge < -0.3 is 29.3 Å². The van der Waals surface area contributed by atoms with Gasteiger partial charge in [-0.15, -0.1) is 0 Å². The number of hydrogen-bond donors (Lipinski definition) is 2. The molecule has 2 amide bonds. The molecule has 0 saturated heterocycles. The van der Waals surface area contributed by atoms with Crippen molar-refractivity contribution >= 4 is 18.0 Å². The Kier molecular flexibility index (Phi) is 6.74. The minimum atomic E-state index is -0.891. The molecule has 2 N–H and O–H groups in total. The van der Waals surface area contributed by atoms with Gasteiger partial charge in [-0.1, -0.05) is 18.2 Å². The number of furan rings is 1. The van der Waals surface area contributed by atoms with Gasteiger partial charge >= 0.3 is 18.0 Å². The fourth-order valence-corrected chi connectivity index (χ4v) is 2.86. The van der Waals surface area contributed by atoms with Gasteiger partial charge in [0.15, 0.2) is 6.10 Å². The van der Waals surface area contributed by atoms with E-state index in [1.54, 1.807) is 50.2 Å². The van der Waals surface area contributed by atoms with Crippen LogP contribution in [0.1, 0.15) is 25.6 Å². The maximum atomic E-state index is 12.6. The van der Waals surface area contributed by atoms with Crippen LogP contribution in [-0.4, -0.2) is 37.3 Å². The SMILES string of the molecule is CCOC(=O)C1=C(COC(=O)C(C)Oc2ccccc2)NC(=O)NC1c1ccco1.